The SMILES string of the molecule is CC(C)(O)CN1CCN(C(=O)NC2CC(c3ccc(Cl)cc3)C2)CC1. The Morgan fingerprint density at radius 3 is 2.36 bits per heavy atom. The molecule has 0 aromatic heterocycles. The quantitative estimate of drug-likeness (QED) is 0.862. The minimum absolute atomic E-state index is 0.0439. The van der Waals surface area contributed by atoms with Crippen LogP contribution in [0.25, 0.3) is 0 Å². The molecule has 1 aliphatic heterocycles. The van der Waals surface area contributed by atoms with Crippen molar-refractivity contribution in [3.63, 3.8) is 0 Å². The van der Waals surface area contributed by atoms with Crippen LogP contribution in [-0.2, 0) is 0 Å². The maximum Gasteiger partial charge on any atom is 0.317 e. The number of amides is 2. The van der Waals surface area contributed by atoms with E-state index in [-0.39, 0.29) is 12.1 Å². The molecule has 2 amide bonds. The Morgan fingerprint density at radius 1 is 1.20 bits per heavy atom. The van der Waals surface area contributed by atoms with E-state index >= 15 is 0 Å². The van der Waals surface area contributed by atoms with Crippen molar-refractivity contribution < 1.29 is 9.90 Å². The average molecular weight is 366 g/mol. The fourth-order valence-corrected chi connectivity index (χ4v) is 3.79. The largest absolute Gasteiger partial charge is 0.389 e. The highest BCUT2D eigenvalue weighted by Gasteiger charge is 2.33. The van der Waals surface area contributed by atoms with Crippen molar-refractivity contribution in [2.45, 2.75) is 44.2 Å². The van der Waals surface area contributed by atoms with Gasteiger partial charge in [0.1, 0.15) is 0 Å². The second-order valence-corrected chi connectivity index (χ2v) is 8.38. The summed E-state index contributed by atoms with van der Waals surface area (Å²) >= 11 is 5.93. The van der Waals surface area contributed by atoms with Crippen LogP contribution in [-0.4, -0.2) is 65.3 Å². The maximum atomic E-state index is 12.4. The number of aliphatic hydroxyl groups is 1. The third-order valence-corrected chi connectivity index (χ3v) is 5.33. The summed E-state index contributed by atoms with van der Waals surface area (Å²) < 4.78 is 0. The smallest absolute Gasteiger partial charge is 0.317 e. The van der Waals surface area contributed by atoms with Gasteiger partial charge in [-0.1, -0.05) is 23.7 Å². The number of hydrogen-bond donors (Lipinski definition) is 2. The summed E-state index contributed by atoms with van der Waals surface area (Å²) in [4.78, 5) is 16.5. The number of urea groups is 1. The Labute approximate surface area is 154 Å². The second-order valence-electron chi connectivity index (χ2n) is 7.94. The van der Waals surface area contributed by atoms with Crippen LogP contribution in [0.4, 0.5) is 4.79 Å². The molecule has 0 spiro atoms. The fraction of sp³-hybridized carbons (Fsp3) is 0.632. The molecule has 0 radical (unpaired) electrons. The number of nitrogens with zero attached hydrogens (tertiary/aromatic N) is 2. The van der Waals surface area contributed by atoms with Crippen molar-refractivity contribution in [1.29, 1.82) is 0 Å². The van der Waals surface area contributed by atoms with Crippen LogP contribution in [0.15, 0.2) is 24.3 Å². The first-order valence-electron chi connectivity index (χ1n) is 9.06. The van der Waals surface area contributed by atoms with Gasteiger partial charge in [-0.05, 0) is 50.3 Å². The van der Waals surface area contributed by atoms with Crippen LogP contribution in [0.3, 0.4) is 0 Å². The highest BCUT2D eigenvalue weighted by atomic mass is 35.5. The monoisotopic (exact) mass is 365 g/mol. The van der Waals surface area contributed by atoms with Crippen LogP contribution in [0, 0.1) is 0 Å². The van der Waals surface area contributed by atoms with Gasteiger partial charge in [0.25, 0.3) is 0 Å². The maximum absolute atomic E-state index is 12.4. The molecule has 1 aromatic carbocycles. The van der Waals surface area contributed by atoms with E-state index in [0.29, 0.717) is 12.5 Å². The molecule has 1 heterocycles. The van der Waals surface area contributed by atoms with E-state index in [0.717, 1.165) is 44.0 Å². The highest BCUT2D eigenvalue weighted by Crippen LogP contribution is 2.37. The number of benzene rings is 1. The molecule has 3 rings (SSSR count). The summed E-state index contributed by atoms with van der Waals surface area (Å²) in [5.74, 6) is 0.520. The molecule has 0 atom stereocenters. The zero-order valence-corrected chi connectivity index (χ0v) is 15.8. The van der Waals surface area contributed by atoms with Gasteiger partial charge >= 0.3 is 6.03 Å². The standard InChI is InChI=1S/C19H28ClN3O2/c1-19(2,25)13-22-7-9-23(10-8-22)18(24)21-17-11-15(12-17)14-3-5-16(20)6-4-14/h3-6,15,17,25H,7-13H2,1-2H3,(H,21,24). The van der Waals surface area contributed by atoms with E-state index in [1.807, 2.05) is 30.9 Å². The molecule has 0 bridgehead atoms. The van der Waals surface area contributed by atoms with E-state index in [1.165, 1.54) is 5.56 Å². The summed E-state index contributed by atoms with van der Waals surface area (Å²) in [6.45, 7) is 7.35. The van der Waals surface area contributed by atoms with Gasteiger partial charge < -0.3 is 15.3 Å². The predicted molar refractivity (Wildman–Crippen MR) is 100 cm³/mol. The number of carbonyl (C=O) groups is 1. The Balaban J connectivity index is 1.39. The molecule has 1 saturated carbocycles. The van der Waals surface area contributed by atoms with E-state index in [9.17, 15) is 9.90 Å². The van der Waals surface area contributed by atoms with Crippen LogP contribution in [0.1, 0.15) is 38.2 Å². The van der Waals surface area contributed by atoms with E-state index in [1.54, 1.807) is 0 Å². The molecule has 138 valence electrons. The van der Waals surface area contributed by atoms with Crippen LogP contribution in [0.2, 0.25) is 5.02 Å². The fourth-order valence-electron chi connectivity index (χ4n) is 3.67. The Bertz CT molecular complexity index is 586. The first kappa shape index (κ1) is 18.5. The normalized spacial score (nSPS) is 24.7. The Hall–Kier alpha value is -1.30. The number of carbonyl (C=O) groups excluding carboxylic acids is 1. The molecule has 6 heteroatoms. The number of β-amino-alcohol motifs (C(OH)–C–C–N with tert-alkyl or cyclic N) is 1. The topological polar surface area (TPSA) is 55.8 Å². The lowest BCUT2D eigenvalue weighted by molar-refractivity contribution is 0.0222. The molecule has 1 aromatic rings. The molecule has 2 fully saturated rings. The minimum atomic E-state index is -0.687. The number of nitrogens with one attached hydrogen (secondary N) is 1. The summed E-state index contributed by atoms with van der Waals surface area (Å²) in [6.07, 6.45) is 1.98. The Kier molecular flexibility index (Phi) is 5.56. The first-order chi connectivity index (χ1) is 11.8. The molecule has 1 saturated heterocycles. The van der Waals surface area contributed by atoms with E-state index in [4.69, 9.17) is 11.6 Å². The summed E-state index contributed by atoms with van der Waals surface area (Å²) in [6, 6.07) is 8.32. The third-order valence-electron chi connectivity index (χ3n) is 5.08. The van der Waals surface area contributed by atoms with Gasteiger partial charge in [0, 0.05) is 43.8 Å². The molecular formula is C19H28ClN3O2. The lowest BCUT2D eigenvalue weighted by atomic mass is 9.76. The van der Waals surface area contributed by atoms with Crippen molar-refractivity contribution in [2.75, 3.05) is 32.7 Å². The van der Waals surface area contributed by atoms with Crippen molar-refractivity contribution in [2.24, 2.45) is 0 Å². The van der Waals surface area contributed by atoms with Crippen molar-refractivity contribution in [1.82, 2.24) is 15.1 Å². The van der Waals surface area contributed by atoms with Crippen molar-refractivity contribution >= 4 is 17.6 Å². The molecule has 5 nitrogen and oxygen atoms in total. The van der Waals surface area contributed by atoms with Gasteiger partial charge in [-0.2, -0.15) is 0 Å². The number of piperazine rings is 1. The van der Waals surface area contributed by atoms with Gasteiger partial charge in [-0.25, -0.2) is 4.79 Å². The van der Waals surface area contributed by atoms with E-state index in [2.05, 4.69) is 22.3 Å². The van der Waals surface area contributed by atoms with Crippen LogP contribution >= 0.6 is 11.6 Å². The number of hydrogen-bond acceptors (Lipinski definition) is 3. The zero-order chi connectivity index (χ0) is 18.0. The van der Waals surface area contributed by atoms with Gasteiger partial charge in [0.05, 0.1) is 5.60 Å². The zero-order valence-electron chi connectivity index (χ0n) is 15.0. The lowest BCUT2D eigenvalue weighted by Crippen LogP contribution is -2.56. The number of rotatable bonds is 4. The lowest BCUT2D eigenvalue weighted by Gasteiger charge is -2.40. The molecule has 2 N–H and O–H groups in total. The second kappa shape index (κ2) is 7.52. The van der Waals surface area contributed by atoms with Gasteiger partial charge in [0.15, 0.2) is 0 Å². The molecule has 1 aliphatic carbocycles. The van der Waals surface area contributed by atoms with Crippen LogP contribution in [0.5, 0.6) is 0 Å². The summed E-state index contributed by atoms with van der Waals surface area (Å²) in [5, 5.41) is 13.8. The molecule has 0 unspecified atom stereocenters. The summed E-state index contributed by atoms with van der Waals surface area (Å²) in [7, 11) is 0. The Morgan fingerprint density at radius 2 is 1.80 bits per heavy atom. The molecular weight excluding hydrogens is 338 g/mol. The molecule has 2 aliphatic rings. The van der Waals surface area contributed by atoms with Crippen LogP contribution < -0.4 is 5.32 Å². The van der Waals surface area contributed by atoms with Gasteiger partial charge in [-0.15, -0.1) is 0 Å². The van der Waals surface area contributed by atoms with Crippen molar-refractivity contribution in [3.05, 3.63) is 34.9 Å². The van der Waals surface area contributed by atoms with Crippen molar-refractivity contribution in [3.8, 4) is 0 Å². The van der Waals surface area contributed by atoms with Gasteiger partial charge in [-0.3, -0.25) is 4.90 Å². The highest BCUT2D eigenvalue weighted by molar-refractivity contribution is 6.30. The average Bonchev–Trinajstić information content (AvgIpc) is 2.50. The summed E-state index contributed by atoms with van der Waals surface area (Å²) in [5.41, 5.74) is 0.614. The van der Waals surface area contributed by atoms with Gasteiger partial charge in [0.2, 0.25) is 0 Å². The molecule has 25 heavy (non-hydrogen) atoms. The van der Waals surface area contributed by atoms with E-state index < -0.39 is 5.60 Å². The minimum Gasteiger partial charge on any atom is -0.389 e. The number of halogens is 1. The first-order valence-corrected chi connectivity index (χ1v) is 9.43. The predicted octanol–water partition coefficient (Wildman–Crippen LogP) is 2.68. The third kappa shape index (κ3) is 5.09.